The molecule has 1 fully saturated rings. The maximum atomic E-state index is 12.8. The summed E-state index contributed by atoms with van der Waals surface area (Å²) in [7, 11) is 0. The van der Waals surface area contributed by atoms with Crippen molar-refractivity contribution in [2.24, 2.45) is 0 Å². The van der Waals surface area contributed by atoms with E-state index in [1.165, 1.54) is 18.7 Å². The fraction of sp³-hybridized carbons (Fsp3) is 0.375. The van der Waals surface area contributed by atoms with Gasteiger partial charge in [0.05, 0.1) is 17.9 Å². The van der Waals surface area contributed by atoms with E-state index >= 15 is 0 Å². The Morgan fingerprint density at radius 3 is 2.52 bits per heavy atom. The maximum absolute atomic E-state index is 12.8. The van der Waals surface area contributed by atoms with E-state index in [0.29, 0.717) is 39.7 Å². The fourth-order valence-corrected chi connectivity index (χ4v) is 4.33. The summed E-state index contributed by atoms with van der Waals surface area (Å²) >= 11 is 1.35. The molecule has 1 heterocycles. The Balaban J connectivity index is 1.68. The number of ketones is 1. The number of hydrogen-bond donors (Lipinski definition) is 0. The van der Waals surface area contributed by atoms with Crippen LogP contribution in [0.15, 0.2) is 47.4 Å². The first-order valence-electron chi connectivity index (χ1n) is 10.4. The molecule has 31 heavy (non-hydrogen) atoms. The van der Waals surface area contributed by atoms with Crippen LogP contribution in [-0.2, 0) is 16.1 Å². The Morgan fingerprint density at radius 2 is 1.81 bits per heavy atom. The molecule has 0 aromatic heterocycles. The predicted molar refractivity (Wildman–Crippen MR) is 120 cm³/mol. The van der Waals surface area contributed by atoms with Gasteiger partial charge in [-0.15, -0.1) is 11.8 Å². The van der Waals surface area contributed by atoms with Gasteiger partial charge in [0.1, 0.15) is 12.4 Å². The Morgan fingerprint density at radius 1 is 1.06 bits per heavy atom. The number of amides is 1. The van der Waals surface area contributed by atoms with Crippen LogP contribution in [0.5, 0.6) is 5.75 Å². The van der Waals surface area contributed by atoms with E-state index in [4.69, 9.17) is 9.47 Å². The minimum absolute atomic E-state index is 0.0129. The lowest BCUT2D eigenvalue weighted by Gasteiger charge is -2.15. The van der Waals surface area contributed by atoms with Gasteiger partial charge >= 0.3 is 5.97 Å². The zero-order valence-electron chi connectivity index (χ0n) is 17.9. The number of rotatable bonds is 9. The zero-order valence-corrected chi connectivity index (χ0v) is 18.7. The first-order chi connectivity index (χ1) is 15.0. The summed E-state index contributed by atoms with van der Waals surface area (Å²) in [6.45, 7) is 5.43. The van der Waals surface area contributed by atoms with E-state index in [9.17, 15) is 14.4 Å². The Hall–Kier alpha value is -2.80. The number of likely N-dealkylation sites (tertiary alicyclic amines) is 1. The molecule has 7 heteroatoms. The van der Waals surface area contributed by atoms with Gasteiger partial charge in [0.15, 0.2) is 5.78 Å². The van der Waals surface area contributed by atoms with Crippen LogP contribution in [0.4, 0.5) is 0 Å². The first-order valence-corrected chi connectivity index (χ1v) is 11.4. The summed E-state index contributed by atoms with van der Waals surface area (Å²) in [5.74, 6) is 0.416. The smallest absolute Gasteiger partial charge is 0.339 e. The number of ether oxygens (including phenoxy) is 2. The summed E-state index contributed by atoms with van der Waals surface area (Å²) in [5, 5.41) is 0. The second-order valence-corrected chi connectivity index (χ2v) is 8.28. The largest absolute Gasteiger partial charge is 0.493 e. The van der Waals surface area contributed by atoms with Crippen molar-refractivity contribution in [3.8, 4) is 5.75 Å². The molecule has 1 aliphatic heterocycles. The third kappa shape index (κ3) is 6.10. The van der Waals surface area contributed by atoms with Gasteiger partial charge in [0.2, 0.25) is 5.91 Å². The molecular formula is C24H27NO5S. The average molecular weight is 442 g/mol. The highest BCUT2D eigenvalue weighted by atomic mass is 32.2. The highest BCUT2D eigenvalue weighted by molar-refractivity contribution is 8.00. The van der Waals surface area contributed by atoms with Crippen molar-refractivity contribution in [1.82, 2.24) is 4.90 Å². The summed E-state index contributed by atoms with van der Waals surface area (Å²) in [6.07, 6.45) is 2.10. The van der Waals surface area contributed by atoms with Crippen molar-refractivity contribution in [2.75, 3.05) is 25.4 Å². The van der Waals surface area contributed by atoms with Crippen LogP contribution in [0, 0.1) is 0 Å². The van der Waals surface area contributed by atoms with Gasteiger partial charge in [0, 0.05) is 29.1 Å². The van der Waals surface area contributed by atoms with E-state index in [1.54, 1.807) is 30.3 Å². The third-order valence-electron chi connectivity index (χ3n) is 5.04. The Kier molecular flexibility index (Phi) is 8.12. The highest BCUT2D eigenvalue weighted by Crippen LogP contribution is 2.26. The molecule has 0 atom stereocenters. The van der Waals surface area contributed by atoms with Gasteiger partial charge in [-0.1, -0.05) is 12.1 Å². The van der Waals surface area contributed by atoms with Crippen molar-refractivity contribution in [2.45, 2.75) is 38.2 Å². The summed E-state index contributed by atoms with van der Waals surface area (Å²) < 4.78 is 11.1. The van der Waals surface area contributed by atoms with Gasteiger partial charge in [-0.05, 0) is 57.0 Å². The number of thioether (sulfide) groups is 1. The van der Waals surface area contributed by atoms with Crippen LogP contribution in [-0.4, -0.2) is 48.0 Å². The predicted octanol–water partition coefficient (Wildman–Crippen LogP) is 4.36. The minimum atomic E-state index is -0.479. The standard InChI is InChI=1S/C24H27NO5S/c1-3-29-21-11-10-18(17(2)26)14-19(21)15-30-24(28)20-8-4-5-9-22(20)31-16-23(27)25-12-6-7-13-25/h4-5,8-11,14H,3,6-7,12-13,15-16H2,1-2H3. The number of carbonyl (C=O) groups is 3. The topological polar surface area (TPSA) is 72.9 Å². The molecule has 3 rings (SSSR count). The van der Waals surface area contributed by atoms with Gasteiger partial charge in [-0.2, -0.15) is 0 Å². The number of benzene rings is 2. The van der Waals surface area contributed by atoms with Crippen molar-refractivity contribution < 1.29 is 23.9 Å². The number of Topliss-reactive ketones (excluding diaryl/α,β-unsaturated/α-hetero) is 1. The number of carbonyl (C=O) groups excluding carboxylic acids is 3. The number of esters is 1. The lowest BCUT2D eigenvalue weighted by molar-refractivity contribution is -0.127. The van der Waals surface area contributed by atoms with Crippen molar-refractivity contribution in [3.63, 3.8) is 0 Å². The van der Waals surface area contributed by atoms with E-state index in [0.717, 1.165) is 25.9 Å². The molecule has 0 bridgehead atoms. The fourth-order valence-electron chi connectivity index (χ4n) is 3.39. The second kappa shape index (κ2) is 11.0. The van der Waals surface area contributed by atoms with Crippen molar-refractivity contribution >= 4 is 29.4 Å². The van der Waals surface area contributed by atoms with Crippen LogP contribution >= 0.6 is 11.8 Å². The van der Waals surface area contributed by atoms with E-state index in [2.05, 4.69) is 0 Å². The highest BCUT2D eigenvalue weighted by Gasteiger charge is 2.20. The molecule has 0 spiro atoms. The number of hydrogen-bond acceptors (Lipinski definition) is 6. The first kappa shape index (κ1) is 22.9. The lowest BCUT2D eigenvalue weighted by atomic mass is 10.1. The van der Waals surface area contributed by atoms with E-state index in [1.807, 2.05) is 24.0 Å². The lowest BCUT2D eigenvalue weighted by Crippen LogP contribution is -2.29. The molecule has 0 radical (unpaired) electrons. The SMILES string of the molecule is CCOc1ccc(C(C)=O)cc1COC(=O)c1ccccc1SCC(=O)N1CCCC1. The molecule has 164 valence electrons. The minimum Gasteiger partial charge on any atom is -0.493 e. The molecule has 1 aliphatic rings. The normalized spacial score (nSPS) is 13.2. The van der Waals surface area contributed by atoms with Gasteiger partial charge in [-0.25, -0.2) is 4.79 Å². The van der Waals surface area contributed by atoms with Crippen LogP contribution in [0.1, 0.15) is 53.0 Å². The second-order valence-electron chi connectivity index (χ2n) is 7.26. The molecule has 1 amide bonds. The average Bonchev–Trinajstić information content (AvgIpc) is 3.32. The van der Waals surface area contributed by atoms with Gasteiger partial charge < -0.3 is 14.4 Å². The van der Waals surface area contributed by atoms with Crippen LogP contribution in [0.2, 0.25) is 0 Å². The summed E-state index contributed by atoms with van der Waals surface area (Å²) in [6, 6.07) is 12.2. The Bertz CT molecular complexity index is 953. The van der Waals surface area contributed by atoms with Crippen LogP contribution < -0.4 is 4.74 Å². The molecule has 1 saturated heterocycles. The maximum Gasteiger partial charge on any atom is 0.339 e. The number of nitrogens with zero attached hydrogens (tertiary/aromatic N) is 1. The van der Waals surface area contributed by atoms with Crippen molar-refractivity contribution in [1.29, 1.82) is 0 Å². The Labute approximate surface area is 186 Å². The molecule has 0 saturated carbocycles. The molecule has 0 N–H and O–H groups in total. The van der Waals surface area contributed by atoms with E-state index in [-0.39, 0.29) is 18.3 Å². The molecule has 2 aromatic carbocycles. The zero-order chi connectivity index (χ0) is 22.2. The van der Waals surface area contributed by atoms with Gasteiger partial charge in [-0.3, -0.25) is 9.59 Å². The van der Waals surface area contributed by atoms with E-state index < -0.39 is 5.97 Å². The summed E-state index contributed by atoms with van der Waals surface area (Å²) in [5.41, 5.74) is 1.59. The molecule has 2 aromatic rings. The van der Waals surface area contributed by atoms with Crippen molar-refractivity contribution in [3.05, 3.63) is 59.2 Å². The van der Waals surface area contributed by atoms with Crippen LogP contribution in [0.3, 0.4) is 0 Å². The van der Waals surface area contributed by atoms with Gasteiger partial charge in [0.25, 0.3) is 0 Å². The van der Waals surface area contributed by atoms with Crippen LogP contribution in [0.25, 0.3) is 0 Å². The summed E-state index contributed by atoms with van der Waals surface area (Å²) in [4.78, 5) is 39.4. The quantitative estimate of drug-likeness (QED) is 0.327. The molecule has 0 unspecified atom stereocenters. The third-order valence-corrected chi connectivity index (χ3v) is 6.10. The molecule has 0 aliphatic carbocycles. The monoisotopic (exact) mass is 441 g/mol. The molecular weight excluding hydrogens is 414 g/mol. The molecule has 6 nitrogen and oxygen atoms in total.